The van der Waals surface area contributed by atoms with Crippen LogP contribution in [0.4, 0.5) is 5.69 Å². The minimum Gasteiger partial charge on any atom is -0.495 e. The second-order valence-electron chi connectivity index (χ2n) is 8.68. The molecule has 0 bridgehead atoms. The fourth-order valence-corrected chi connectivity index (χ4v) is 5.16. The third-order valence-corrected chi connectivity index (χ3v) is 7.07. The maximum atomic E-state index is 13.6. The van der Waals surface area contributed by atoms with Crippen LogP contribution in [-0.2, 0) is 0 Å². The number of carbonyl (C=O) groups is 1. The lowest BCUT2D eigenvalue weighted by Gasteiger charge is -2.36. The zero-order valence-electron chi connectivity index (χ0n) is 20.1. The maximum Gasteiger partial charge on any atom is 0.257 e. The molecular formula is C26H28N6O2S. The lowest BCUT2D eigenvalue weighted by molar-refractivity contribution is 0.0745. The molecule has 4 aromatic rings. The Labute approximate surface area is 208 Å². The summed E-state index contributed by atoms with van der Waals surface area (Å²) in [4.78, 5) is 28.0. The van der Waals surface area contributed by atoms with Crippen LogP contribution in [0.2, 0.25) is 0 Å². The van der Waals surface area contributed by atoms with Gasteiger partial charge in [-0.25, -0.2) is 14.6 Å². The van der Waals surface area contributed by atoms with E-state index in [-0.39, 0.29) is 11.8 Å². The number of rotatable bonds is 6. The largest absolute Gasteiger partial charge is 0.495 e. The predicted octanol–water partition coefficient (Wildman–Crippen LogP) is 4.49. The highest BCUT2D eigenvalue weighted by Gasteiger charge is 2.29. The van der Waals surface area contributed by atoms with Crippen molar-refractivity contribution < 1.29 is 9.53 Å². The first-order valence-electron chi connectivity index (χ1n) is 11.7. The third-order valence-electron chi connectivity index (χ3n) is 6.18. The van der Waals surface area contributed by atoms with Gasteiger partial charge in [0.25, 0.3) is 11.9 Å². The summed E-state index contributed by atoms with van der Waals surface area (Å²) in [6.45, 7) is 6.86. The van der Waals surface area contributed by atoms with Crippen LogP contribution in [0.3, 0.4) is 0 Å². The minimum atomic E-state index is -0.00552. The van der Waals surface area contributed by atoms with Crippen LogP contribution in [-0.4, -0.2) is 63.8 Å². The number of hydrogen-bond acceptors (Lipinski definition) is 7. The third kappa shape index (κ3) is 4.51. The molecule has 1 amide bonds. The molecule has 5 rings (SSSR count). The first-order valence-corrected chi connectivity index (χ1v) is 12.6. The summed E-state index contributed by atoms with van der Waals surface area (Å²) < 4.78 is 7.22. The van der Waals surface area contributed by atoms with Crippen molar-refractivity contribution in [2.24, 2.45) is 0 Å². The number of ether oxygens (including phenoxy) is 1. The average Bonchev–Trinajstić information content (AvgIpc) is 3.59. The number of anilines is 1. The van der Waals surface area contributed by atoms with Gasteiger partial charge in [-0.05, 0) is 35.6 Å². The van der Waals surface area contributed by atoms with Crippen molar-refractivity contribution in [3.8, 4) is 22.3 Å². The van der Waals surface area contributed by atoms with Crippen molar-refractivity contribution in [1.29, 1.82) is 0 Å². The fraction of sp³-hybridized carbons (Fsp3) is 0.308. The van der Waals surface area contributed by atoms with Gasteiger partial charge in [-0.3, -0.25) is 4.79 Å². The molecule has 8 nitrogen and oxygen atoms in total. The summed E-state index contributed by atoms with van der Waals surface area (Å²) in [5, 5.41) is 6.57. The number of piperazine rings is 1. The zero-order chi connectivity index (χ0) is 24.4. The van der Waals surface area contributed by atoms with E-state index in [1.807, 2.05) is 46.7 Å². The van der Waals surface area contributed by atoms with Gasteiger partial charge in [0.2, 0.25) is 0 Å². The van der Waals surface area contributed by atoms with Crippen LogP contribution in [0, 0.1) is 0 Å². The monoisotopic (exact) mass is 488 g/mol. The lowest BCUT2D eigenvalue weighted by Crippen LogP contribution is -2.49. The fourth-order valence-electron chi connectivity index (χ4n) is 4.46. The van der Waals surface area contributed by atoms with Crippen LogP contribution in [0.15, 0.2) is 60.2 Å². The van der Waals surface area contributed by atoms with Crippen molar-refractivity contribution in [2.75, 3.05) is 38.2 Å². The minimum absolute atomic E-state index is 0.00552. The van der Waals surface area contributed by atoms with Gasteiger partial charge in [-0.2, -0.15) is 5.10 Å². The number of carbonyl (C=O) groups excluding carboxylic acids is 1. The molecule has 0 saturated carbocycles. The van der Waals surface area contributed by atoms with Crippen molar-refractivity contribution in [2.45, 2.75) is 19.8 Å². The van der Waals surface area contributed by atoms with Gasteiger partial charge < -0.3 is 14.5 Å². The SMILES string of the molecule is COc1ccccc1N1CCN(C(=O)c2cnn(-c3nccc(-c4cccs4)n3)c2C(C)C)CC1. The standard InChI is InChI=1S/C26H28N6O2S/c1-18(2)24-19(17-28-32(24)26-27-11-10-20(29-26)23-9-6-16-35-23)25(33)31-14-12-30(13-15-31)21-7-4-5-8-22(21)34-3/h4-11,16-18H,12-15H2,1-3H3. The molecule has 180 valence electrons. The number of amides is 1. The molecule has 0 aliphatic carbocycles. The molecule has 4 heterocycles. The van der Waals surface area contributed by atoms with Crippen molar-refractivity contribution in [3.63, 3.8) is 0 Å². The Morgan fingerprint density at radius 1 is 1.06 bits per heavy atom. The molecule has 1 fully saturated rings. The highest BCUT2D eigenvalue weighted by atomic mass is 32.1. The van der Waals surface area contributed by atoms with Crippen LogP contribution in [0.5, 0.6) is 5.75 Å². The molecule has 1 aliphatic rings. The molecule has 0 radical (unpaired) electrons. The molecule has 1 aliphatic heterocycles. The average molecular weight is 489 g/mol. The van der Waals surface area contributed by atoms with Gasteiger partial charge in [-0.1, -0.05) is 32.0 Å². The summed E-state index contributed by atoms with van der Waals surface area (Å²) in [6.07, 6.45) is 3.40. The van der Waals surface area contributed by atoms with E-state index in [0.29, 0.717) is 24.6 Å². The molecule has 9 heteroatoms. The number of nitrogens with zero attached hydrogens (tertiary/aromatic N) is 6. The first-order chi connectivity index (χ1) is 17.1. The van der Waals surface area contributed by atoms with Crippen molar-refractivity contribution in [3.05, 3.63) is 71.5 Å². The summed E-state index contributed by atoms with van der Waals surface area (Å²) in [7, 11) is 1.68. The highest BCUT2D eigenvalue weighted by Crippen LogP contribution is 2.30. The first kappa shape index (κ1) is 23.0. The Hall–Kier alpha value is -3.72. The smallest absolute Gasteiger partial charge is 0.257 e. The number of thiophene rings is 1. The predicted molar refractivity (Wildman–Crippen MR) is 138 cm³/mol. The molecule has 0 spiro atoms. The molecule has 0 atom stereocenters. The van der Waals surface area contributed by atoms with E-state index in [2.05, 4.69) is 34.9 Å². The zero-order valence-corrected chi connectivity index (χ0v) is 20.9. The van der Waals surface area contributed by atoms with Crippen LogP contribution in [0.25, 0.3) is 16.5 Å². The highest BCUT2D eigenvalue weighted by molar-refractivity contribution is 7.13. The van der Waals surface area contributed by atoms with Gasteiger partial charge in [0, 0.05) is 32.4 Å². The van der Waals surface area contributed by atoms with E-state index < -0.39 is 0 Å². The Balaban J connectivity index is 1.38. The van der Waals surface area contributed by atoms with Gasteiger partial charge in [0.1, 0.15) is 5.75 Å². The van der Waals surface area contributed by atoms with Crippen LogP contribution in [0.1, 0.15) is 35.8 Å². The van der Waals surface area contributed by atoms with E-state index in [1.165, 1.54) is 0 Å². The van der Waals surface area contributed by atoms with E-state index in [0.717, 1.165) is 40.8 Å². The molecular weight excluding hydrogens is 460 g/mol. The van der Waals surface area contributed by atoms with E-state index in [9.17, 15) is 4.79 Å². The normalized spacial score (nSPS) is 13.9. The molecule has 1 saturated heterocycles. The summed E-state index contributed by atoms with van der Waals surface area (Å²) in [5.41, 5.74) is 3.33. The second-order valence-corrected chi connectivity index (χ2v) is 9.63. The molecule has 3 aromatic heterocycles. The number of methoxy groups -OCH3 is 1. The van der Waals surface area contributed by atoms with Crippen LogP contribution < -0.4 is 9.64 Å². The molecule has 35 heavy (non-hydrogen) atoms. The van der Waals surface area contributed by atoms with Crippen LogP contribution >= 0.6 is 11.3 Å². The Bertz CT molecular complexity index is 1310. The molecule has 0 unspecified atom stereocenters. The molecule has 0 N–H and O–H groups in total. The van der Waals surface area contributed by atoms with Crippen molar-refractivity contribution >= 4 is 22.9 Å². The second kappa shape index (κ2) is 9.87. The number of benzene rings is 1. The Morgan fingerprint density at radius 3 is 2.57 bits per heavy atom. The van der Waals surface area contributed by atoms with Gasteiger partial charge >= 0.3 is 0 Å². The lowest BCUT2D eigenvalue weighted by atomic mass is 10.0. The van der Waals surface area contributed by atoms with Gasteiger partial charge in [0.05, 0.1) is 40.8 Å². The van der Waals surface area contributed by atoms with E-state index in [4.69, 9.17) is 9.72 Å². The summed E-state index contributed by atoms with van der Waals surface area (Å²) in [5.74, 6) is 1.38. The van der Waals surface area contributed by atoms with Crippen molar-refractivity contribution in [1.82, 2.24) is 24.6 Å². The van der Waals surface area contributed by atoms with Gasteiger partial charge in [-0.15, -0.1) is 11.3 Å². The number of para-hydroxylation sites is 2. The Kier molecular flexibility index (Phi) is 6.50. The van der Waals surface area contributed by atoms with E-state index in [1.54, 1.807) is 35.5 Å². The number of aromatic nitrogens is 4. The Morgan fingerprint density at radius 2 is 1.86 bits per heavy atom. The topological polar surface area (TPSA) is 76.4 Å². The maximum absolute atomic E-state index is 13.6. The quantitative estimate of drug-likeness (QED) is 0.398. The molecule has 1 aromatic carbocycles. The summed E-state index contributed by atoms with van der Waals surface area (Å²) in [6, 6.07) is 13.9. The van der Waals surface area contributed by atoms with Gasteiger partial charge in [0.15, 0.2) is 0 Å². The van der Waals surface area contributed by atoms with E-state index >= 15 is 0 Å². The number of hydrogen-bond donors (Lipinski definition) is 0. The summed E-state index contributed by atoms with van der Waals surface area (Å²) >= 11 is 1.63.